The molecule has 2 atom stereocenters. The van der Waals surface area contributed by atoms with Crippen LogP contribution in [0.15, 0.2) is 73.2 Å². The minimum atomic E-state index is -0.0825. The van der Waals surface area contributed by atoms with Crippen molar-refractivity contribution < 1.29 is 9.53 Å². The van der Waals surface area contributed by atoms with Gasteiger partial charge in [0.25, 0.3) is 5.91 Å². The third-order valence-electron chi connectivity index (χ3n) is 5.77. The van der Waals surface area contributed by atoms with Crippen LogP contribution < -0.4 is 4.74 Å². The number of ether oxygens (including phenoxy) is 1. The summed E-state index contributed by atoms with van der Waals surface area (Å²) in [5, 5.41) is 9.38. The molecule has 3 heterocycles. The number of carbonyl (C=O) groups excluding carboxylic acids is 1. The Labute approximate surface area is 180 Å². The number of pyridine rings is 1. The molecule has 156 valence electrons. The maximum Gasteiger partial charge on any atom is 0.256 e. The fourth-order valence-electron chi connectivity index (χ4n) is 4.13. The van der Waals surface area contributed by atoms with E-state index in [1.807, 2.05) is 59.5 Å². The molecule has 31 heavy (non-hydrogen) atoms. The fourth-order valence-corrected chi connectivity index (χ4v) is 4.13. The third kappa shape index (κ3) is 3.74. The first-order chi connectivity index (χ1) is 15.2. The van der Waals surface area contributed by atoms with E-state index < -0.39 is 0 Å². The number of nitrogens with zero attached hydrogens (tertiary/aromatic N) is 5. The molecule has 0 saturated carbocycles. The van der Waals surface area contributed by atoms with E-state index in [9.17, 15) is 4.79 Å². The lowest BCUT2D eigenvalue weighted by atomic mass is 9.99. The highest BCUT2D eigenvalue weighted by Crippen LogP contribution is 2.29. The van der Waals surface area contributed by atoms with Gasteiger partial charge in [-0.3, -0.25) is 9.78 Å². The minimum absolute atomic E-state index is 0.0340. The van der Waals surface area contributed by atoms with Crippen molar-refractivity contribution in [3.05, 3.63) is 78.8 Å². The van der Waals surface area contributed by atoms with Crippen LogP contribution >= 0.6 is 0 Å². The SMILES string of the molecule is C[C@@H]1CC[C@@H](Oc2cccc3ncccc23)CN1C(=O)c1ccccc1-n1nccn1. The molecular formula is C24H23N5O2. The van der Waals surface area contributed by atoms with E-state index in [-0.39, 0.29) is 18.1 Å². The summed E-state index contributed by atoms with van der Waals surface area (Å²) >= 11 is 0. The Morgan fingerprint density at radius 2 is 1.81 bits per heavy atom. The van der Waals surface area contributed by atoms with Gasteiger partial charge < -0.3 is 9.64 Å². The zero-order valence-electron chi connectivity index (χ0n) is 17.3. The Bertz CT molecular complexity index is 1200. The molecule has 1 aliphatic heterocycles. The lowest BCUT2D eigenvalue weighted by molar-refractivity contribution is 0.0388. The molecule has 1 aliphatic rings. The summed E-state index contributed by atoms with van der Waals surface area (Å²) in [4.78, 5) is 21.3. The highest BCUT2D eigenvalue weighted by atomic mass is 16.5. The molecule has 5 rings (SSSR count). The topological polar surface area (TPSA) is 73.1 Å². The van der Waals surface area contributed by atoms with Crippen molar-refractivity contribution in [3.8, 4) is 11.4 Å². The Kier molecular flexibility index (Phi) is 5.08. The highest BCUT2D eigenvalue weighted by Gasteiger charge is 2.32. The minimum Gasteiger partial charge on any atom is -0.488 e. The molecule has 0 bridgehead atoms. The second kappa shape index (κ2) is 8.18. The van der Waals surface area contributed by atoms with E-state index in [4.69, 9.17) is 4.74 Å². The second-order valence-electron chi connectivity index (χ2n) is 7.79. The van der Waals surface area contributed by atoms with E-state index in [2.05, 4.69) is 22.1 Å². The van der Waals surface area contributed by atoms with Crippen molar-refractivity contribution in [2.75, 3.05) is 6.54 Å². The first kappa shape index (κ1) is 19.2. The average molecular weight is 413 g/mol. The molecule has 0 spiro atoms. The number of piperidine rings is 1. The van der Waals surface area contributed by atoms with E-state index in [0.717, 1.165) is 29.5 Å². The lowest BCUT2D eigenvalue weighted by Crippen LogP contribution is -2.49. The van der Waals surface area contributed by atoms with Gasteiger partial charge in [-0.25, -0.2) is 0 Å². The number of benzene rings is 2. The predicted octanol–water partition coefficient (Wildman–Crippen LogP) is 3.89. The molecule has 1 amide bonds. The summed E-state index contributed by atoms with van der Waals surface area (Å²) in [7, 11) is 0. The number of hydrogen-bond acceptors (Lipinski definition) is 5. The van der Waals surface area contributed by atoms with Gasteiger partial charge in [0.1, 0.15) is 11.9 Å². The normalized spacial score (nSPS) is 18.8. The van der Waals surface area contributed by atoms with Gasteiger partial charge in [-0.2, -0.15) is 15.0 Å². The third-order valence-corrected chi connectivity index (χ3v) is 5.77. The lowest BCUT2D eigenvalue weighted by Gasteiger charge is -2.38. The quantitative estimate of drug-likeness (QED) is 0.508. The van der Waals surface area contributed by atoms with Crippen LogP contribution in [-0.4, -0.2) is 49.5 Å². The maximum absolute atomic E-state index is 13.5. The molecule has 7 nitrogen and oxygen atoms in total. The molecule has 2 aromatic carbocycles. The van der Waals surface area contributed by atoms with Crippen LogP contribution in [0.25, 0.3) is 16.6 Å². The zero-order chi connectivity index (χ0) is 21.2. The van der Waals surface area contributed by atoms with Crippen molar-refractivity contribution >= 4 is 16.8 Å². The first-order valence-corrected chi connectivity index (χ1v) is 10.5. The molecule has 4 aromatic rings. The molecule has 0 radical (unpaired) electrons. The first-order valence-electron chi connectivity index (χ1n) is 10.5. The number of amides is 1. The van der Waals surface area contributed by atoms with Crippen LogP contribution in [0.2, 0.25) is 0 Å². The van der Waals surface area contributed by atoms with Gasteiger partial charge in [0.15, 0.2) is 0 Å². The summed E-state index contributed by atoms with van der Waals surface area (Å²) in [6.07, 6.45) is 6.68. The summed E-state index contributed by atoms with van der Waals surface area (Å²) in [6, 6.07) is 17.4. The number of hydrogen-bond donors (Lipinski definition) is 0. The summed E-state index contributed by atoms with van der Waals surface area (Å²) in [6.45, 7) is 2.61. The smallest absolute Gasteiger partial charge is 0.256 e. The van der Waals surface area contributed by atoms with E-state index in [0.29, 0.717) is 17.8 Å². The number of para-hydroxylation sites is 1. The summed E-state index contributed by atoms with van der Waals surface area (Å²) in [5.74, 6) is 0.770. The van der Waals surface area contributed by atoms with Crippen molar-refractivity contribution in [2.45, 2.75) is 31.9 Å². The van der Waals surface area contributed by atoms with Gasteiger partial charge in [-0.1, -0.05) is 18.2 Å². The number of carbonyl (C=O) groups is 1. The second-order valence-corrected chi connectivity index (χ2v) is 7.79. The Hall–Kier alpha value is -3.74. The Morgan fingerprint density at radius 1 is 0.968 bits per heavy atom. The zero-order valence-corrected chi connectivity index (χ0v) is 17.3. The van der Waals surface area contributed by atoms with Crippen LogP contribution in [0.3, 0.4) is 0 Å². The molecule has 0 unspecified atom stereocenters. The number of aromatic nitrogens is 4. The molecule has 0 aliphatic carbocycles. The number of fused-ring (bicyclic) bond motifs is 1. The molecular weight excluding hydrogens is 390 g/mol. The molecule has 1 fully saturated rings. The van der Waals surface area contributed by atoms with Gasteiger partial charge >= 0.3 is 0 Å². The molecule has 7 heteroatoms. The van der Waals surface area contributed by atoms with Crippen LogP contribution in [0.1, 0.15) is 30.1 Å². The largest absolute Gasteiger partial charge is 0.488 e. The van der Waals surface area contributed by atoms with Crippen molar-refractivity contribution in [1.29, 1.82) is 0 Å². The van der Waals surface area contributed by atoms with Gasteiger partial charge in [0, 0.05) is 17.6 Å². The van der Waals surface area contributed by atoms with Gasteiger partial charge in [-0.15, -0.1) is 0 Å². The Morgan fingerprint density at radius 3 is 2.68 bits per heavy atom. The standard InChI is InChI=1S/C24H23N5O2/c1-17-11-12-18(31-23-10-4-8-21-19(23)7-5-13-25-21)16-28(17)24(30)20-6-2-3-9-22(20)29-26-14-15-27-29/h2-10,13-15,17-18H,11-12,16H2,1H3/t17-,18-/m1/s1. The van der Waals surface area contributed by atoms with Gasteiger partial charge in [0.05, 0.1) is 35.7 Å². The average Bonchev–Trinajstić information content (AvgIpc) is 3.35. The highest BCUT2D eigenvalue weighted by molar-refractivity contribution is 5.98. The van der Waals surface area contributed by atoms with Crippen LogP contribution in [0.5, 0.6) is 5.75 Å². The van der Waals surface area contributed by atoms with Crippen LogP contribution in [-0.2, 0) is 0 Å². The maximum atomic E-state index is 13.5. The predicted molar refractivity (Wildman–Crippen MR) is 117 cm³/mol. The van der Waals surface area contributed by atoms with E-state index in [1.165, 1.54) is 4.80 Å². The van der Waals surface area contributed by atoms with Crippen molar-refractivity contribution in [1.82, 2.24) is 24.9 Å². The monoisotopic (exact) mass is 413 g/mol. The number of rotatable bonds is 4. The van der Waals surface area contributed by atoms with Crippen molar-refractivity contribution in [3.63, 3.8) is 0 Å². The molecule has 2 aromatic heterocycles. The molecule has 1 saturated heterocycles. The number of likely N-dealkylation sites (tertiary alicyclic amines) is 1. The summed E-state index contributed by atoms with van der Waals surface area (Å²) in [5.41, 5.74) is 2.16. The van der Waals surface area contributed by atoms with Crippen molar-refractivity contribution in [2.24, 2.45) is 0 Å². The van der Waals surface area contributed by atoms with Crippen LogP contribution in [0.4, 0.5) is 0 Å². The van der Waals surface area contributed by atoms with Gasteiger partial charge in [0.2, 0.25) is 0 Å². The van der Waals surface area contributed by atoms with E-state index in [1.54, 1.807) is 18.6 Å². The summed E-state index contributed by atoms with van der Waals surface area (Å²) < 4.78 is 6.37. The molecule has 0 N–H and O–H groups in total. The van der Waals surface area contributed by atoms with E-state index >= 15 is 0 Å². The Balaban J connectivity index is 1.40. The fraction of sp³-hybridized carbons (Fsp3) is 0.250. The van der Waals surface area contributed by atoms with Gasteiger partial charge in [-0.05, 0) is 56.2 Å². The van der Waals surface area contributed by atoms with Crippen LogP contribution in [0, 0.1) is 0 Å².